The fraction of sp³-hybridized carbons (Fsp3) is 1.00. The second-order valence-corrected chi connectivity index (χ2v) is 5.93. The average Bonchev–Trinajstić information content (AvgIpc) is 2.78. The molecule has 0 aliphatic carbocycles. The van der Waals surface area contributed by atoms with Crippen molar-refractivity contribution in [1.82, 2.24) is 10.2 Å². The lowest BCUT2D eigenvalue weighted by molar-refractivity contribution is -0.0384. The molecular formula is C14H28N2O3. The first kappa shape index (κ1) is 15.2. The van der Waals surface area contributed by atoms with E-state index in [4.69, 9.17) is 9.47 Å². The largest absolute Gasteiger partial charge is 0.389 e. The number of rotatable bonds is 7. The summed E-state index contributed by atoms with van der Waals surface area (Å²) in [5.74, 6) is 0.772. The summed E-state index contributed by atoms with van der Waals surface area (Å²) in [5, 5.41) is 13.6. The lowest BCUT2D eigenvalue weighted by Crippen LogP contribution is -2.41. The SMILES string of the molecule is COCC(C)OCC(O)CN1C[C@@H]2CCCN[C@@H]2C1. The van der Waals surface area contributed by atoms with E-state index < -0.39 is 6.10 Å². The highest BCUT2D eigenvalue weighted by Gasteiger charge is 2.34. The number of nitrogens with one attached hydrogen (secondary N) is 1. The van der Waals surface area contributed by atoms with Crippen molar-refractivity contribution in [3.8, 4) is 0 Å². The highest BCUT2D eigenvalue weighted by atomic mass is 16.5. The van der Waals surface area contributed by atoms with Crippen LogP contribution < -0.4 is 5.32 Å². The Morgan fingerprint density at radius 2 is 2.21 bits per heavy atom. The number of aliphatic hydroxyl groups excluding tert-OH is 1. The first-order chi connectivity index (χ1) is 9.19. The van der Waals surface area contributed by atoms with Gasteiger partial charge in [-0.25, -0.2) is 0 Å². The van der Waals surface area contributed by atoms with Gasteiger partial charge in [0.05, 0.1) is 25.4 Å². The number of piperidine rings is 1. The van der Waals surface area contributed by atoms with Gasteiger partial charge in [0.25, 0.3) is 0 Å². The van der Waals surface area contributed by atoms with Crippen molar-refractivity contribution in [2.24, 2.45) is 5.92 Å². The van der Waals surface area contributed by atoms with Gasteiger partial charge in [-0.15, -0.1) is 0 Å². The van der Waals surface area contributed by atoms with E-state index in [9.17, 15) is 5.11 Å². The number of methoxy groups -OCH3 is 1. The molecule has 2 aliphatic rings. The first-order valence-electron chi connectivity index (χ1n) is 7.43. The number of aliphatic hydroxyl groups is 1. The highest BCUT2D eigenvalue weighted by molar-refractivity contribution is 4.92. The molecule has 0 spiro atoms. The molecule has 0 aromatic rings. The van der Waals surface area contributed by atoms with Crippen molar-refractivity contribution in [3.63, 3.8) is 0 Å². The molecule has 2 N–H and O–H groups in total. The van der Waals surface area contributed by atoms with Crippen molar-refractivity contribution < 1.29 is 14.6 Å². The van der Waals surface area contributed by atoms with Crippen LogP contribution in [-0.4, -0.2) is 74.8 Å². The number of hydrogen-bond donors (Lipinski definition) is 2. The Bertz CT molecular complexity index is 251. The summed E-state index contributed by atoms with van der Waals surface area (Å²) in [5.41, 5.74) is 0. The predicted molar refractivity (Wildman–Crippen MR) is 74.3 cm³/mol. The number of ether oxygens (including phenoxy) is 2. The maximum absolute atomic E-state index is 10.0. The third-order valence-corrected chi connectivity index (χ3v) is 4.12. The van der Waals surface area contributed by atoms with Gasteiger partial charge in [-0.2, -0.15) is 0 Å². The van der Waals surface area contributed by atoms with Gasteiger partial charge < -0.3 is 19.9 Å². The molecule has 0 amide bonds. The summed E-state index contributed by atoms with van der Waals surface area (Å²) in [6.45, 7) is 6.97. The van der Waals surface area contributed by atoms with E-state index in [-0.39, 0.29) is 6.10 Å². The van der Waals surface area contributed by atoms with Crippen molar-refractivity contribution in [2.75, 3.05) is 46.5 Å². The maximum Gasteiger partial charge on any atom is 0.0900 e. The van der Waals surface area contributed by atoms with Gasteiger partial charge in [-0.05, 0) is 32.2 Å². The van der Waals surface area contributed by atoms with Gasteiger partial charge in [-0.1, -0.05) is 0 Å². The molecule has 0 saturated carbocycles. The zero-order valence-corrected chi connectivity index (χ0v) is 12.2. The molecule has 112 valence electrons. The van der Waals surface area contributed by atoms with Crippen molar-refractivity contribution in [2.45, 2.75) is 38.0 Å². The van der Waals surface area contributed by atoms with Crippen LogP contribution in [0.2, 0.25) is 0 Å². The van der Waals surface area contributed by atoms with E-state index in [1.165, 1.54) is 12.8 Å². The topological polar surface area (TPSA) is 54.0 Å². The Balaban J connectivity index is 1.64. The standard InChI is InChI=1S/C14H28N2O3/c1-11(9-18-2)19-10-13(17)7-16-6-12-4-3-5-15-14(12)8-16/h11-15,17H,3-10H2,1-2H3/t11?,12-,13?,14+/m0/s1. The smallest absolute Gasteiger partial charge is 0.0900 e. The summed E-state index contributed by atoms with van der Waals surface area (Å²) in [7, 11) is 1.66. The van der Waals surface area contributed by atoms with Gasteiger partial charge in [0.2, 0.25) is 0 Å². The molecule has 2 unspecified atom stereocenters. The quantitative estimate of drug-likeness (QED) is 0.687. The second kappa shape index (κ2) is 7.55. The molecule has 5 nitrogen and oxygen atoms in total. The number of fused-ring (bicyclic) bond motifs is 1. The fourth-order valence-electron chi connectivity index (χ4n) is 3.19. The monoisotopic (exact) mass is 272 g/mol. The zero-order valence-electron chi connectivity index (χ0n) is 12.2. The van der Waals surface area contributed by atoms with Crippen LogP contribution in [0.25, 0.3) is 0 Å². The summed E-state index contributed by atoms with van der Waals surface area (Å²) >= 11 is 0. The lowest BCUT2D eigenvalue weighted by atomic mass is 9.94. The maximum atomic E-state index is 10.0. The van der Waals surface area contributed by atoms with Crippen molar-refractivity contribution in [3.05, 3.63) is 0 Å². The molecule has 19 heavy (non-hydrogen) atoms. The first-order valence-corrected chi connectivity index (χ1v) is 7.43. The van der Waals surface area contributed by atoms with Gasteiger partial charge in [-0.3, -0.25) is 4.90 Å². The molecule has 2 saturated heterocycles. The van der Waals surface area contributed by atoms with Crippen LogP contribution in [0.1, 0.15) is 19.8 Å². The van der Waals surface area contributed by atoms with E-state index in [0.29, 0.717) is 25.8 Å². The van der Waals surface area contributed by atoms with E-state index in [2.05, 4.69) is 10.2 Å². The average molecular weight is 272 g/mol. The Morgan fingerprint density at radius 3 is 2.95 bits per heavy atom. The van der Waals surface area contributed by atoms with Crippen molar-refractivity contribution in [1.29, 1.82) is 0 Å². The highest BCUT2D eigenvalue weighted by Crippen LogP contribution is 2.24. The Kier molecular flexibility index (Phi) is 6.04. The summed E-state index contributed by atoms with van der Waals surface area (Å²) in [6, 6.07) is 0.634. The van der Waals surface area contributed by atoms with Crippen LogP contribution in [0.3, 0.4) is 0 Å². The minimum atomic E-state index is -0.403. The van der Waals surface area contributed by atoms with Crippen LogP contribution >= 0.6 is 0 Å². The van der Waals surface area contributed by atoms with Gasteiger partial charge >= 0.3 is 0 Å². The number of β-amino-alcohol motifs (C(OH)–C–C–N with tert-alkyl or cyclic N) is 1. The number of hydrogen-bond acceptors (Lipinski definition) is 5. The zero-order chi connectivity index (χ0) is 13.7. The van der Waals surface area contributed by atoms with E-state index in [1.54, 1.807) is 7.11 Å². The van der Waals surface area contributed by atoms with E-state index in [1.807, 2.05) is 6.92 Å². The van der Waals surface area contributed by atoms with Crippen molar-refractivity contribution >= 4 is 0 Å². The number of nitrogens with zero attached hydrogens (tertiary/aromatic N) is 1. The molecular weight excluding hydrogens is 244 g/mol. The van der Waals surface area contributed by atoms with Crippen LogP contribution in [0.15, 0.2) is 0 Å². The van der Waals surface area contributed by atoms with Gasteiger partial charge in [0, 0.05) is 32.8 Å². The molecule has 2 aliphatic heterocycles. The minimum absolute atomic E-state index is 0.0440. The fourth-order valence-corrected chi connectivity index (χ4v) is 3.19. The van der Waals surface area contributed by atoms with Crippen LogP contribution in [0, 0.1) is 5.92 Å². The van der Waals surface area contributed by atoms with E-state index >= 15 is 0 Å². The number of likely N-dealkylation sites (tertiary alicyclic amines) is 1. The van der Waals surface area contributed by atoms with E-state index in [0.717, 1.165) is 25.6 Å². The summed E-state index contributed by atoms with van der Waals surface area (Å²) in [4.78, 5) is 2.36. The van der Waals surface area contributed by atoms with Crippen LogP contribution in [0.4, 0.5) is 0 Å². The molecule has 0 radical (unpaired) electrons. The van der Waals surface area contributed by atoms with Gasteiger partial charge in [0.1, 0.15) is 0 Å². The normalized spacial score (nSPS) is 31.1. The molecule has 0 aromatic heterocycles. The second-order valence-electron chi connectivity index (χ2n) is 5.93. The molecule has 2 rings (SSSR count). The molecule has 0 bridgehead atoms. The van der Waals surface area contributed by atoms with Crippen LogP contribution in [0.5, 0.6) is 0 Å². The molecule has 4 atom stereocenters. The lowest BCUT2D eigenvalue weighted by Gasteiger charge is -2.24. The molecule has 2 fully saturated rings. The molecule has 2 heterocycles. The Morgan fingerprint density at radius 1 is 1.37 bits per heavy atom. The third kappa shape index (κ3) is 4.68. The van der Waals surface area contributed by atoms with Gasteiger partial charge in [0.15, 0.2) is 0 Å². The van der Waals surface area contributed by atoms with Crippen LogP contribution in [-0.2, 0) is 9.47 Å². The predicted octanol–water partition coefficient (Wildman–Crippen LogP) is 0.0826. The summed E-state index contributed by atoms with van der Waals surface area (Å²) < 4.78 is 10.6. The Hall–Kier alpha value is -0.200. The molecule has 0 aromatic carbocycles. The Labute approximate surface area is 116 Å². The molecule has 5 heteroatoms. The summed E-state index contributed by atoms with van der Waals surface area (Å²) in [6.07, 6.45) is 2.25. The third-order valence-electron chi connectivity index (χ3n) is 4.12. The minimum Gasteiger partial charge on any atom is -0.389 e.